The predicted molar refractivity (Wildman–Crippen MR) is 105 cm³/mol. The Morgan fingerprint density at radius 1 is 1.19 bits per heavy atom. The Labute approximate surface area is 159 Å². The third kappa shape index (κ3) is 3.33. The quantitative estimate of drug-likeness (QED) is 0.528. The fourth-order valence-corrected chi connectivity index (χ4v) is 3.76. The lowest BCUT2D eigenvalue weighted by atomic mass is 10.00. The van der Waals surface area contributed by atoms with Crippen LogP contribution >= 0.6 is 11.3 Å². The number of nitrogens with zero attached hydrogens (tertiary/aromatic N) is 4. The van der Waals surface area contributed by atoms with Gasteiger partial charge in [-0.3, -0.25) is 4.79 Å². The van der Waals surface area contributed by atoms with Gasteiger partial charge in [-0.2, -0.15) is 5.10 Å². The van der Waals surface area contributed by atoms with E-state index in [1.807, 2.05) is 31.2 Å². The highest BCUT2D eigenvalue weighted by Gasteiger charge is 2.22. The van der Waals surface area contributed by atoms with Crippen molar-refractivity contribution in [3.8, 4) is 5.13 Å². The first-order valence-corrected chi connectivity index (χ1v) is 9.28. The maximum absolute atomic E-state index is 13.1. The molecule has 1 atom stereocenters. The number of rotatable bonds is 4. The van der Waals surface area contributed by atoms with E-state index in [1.54, 1.807) is 41.2 Å². The number of carbonyl (C=O) groups is 1. The number of likely N-dealkylation sites (N-methyl/N-ethyl adjacent to an activating group) is 1. The smallest absolute Gasteiger partial charge is 0.234 e. The van der Waals surface area contributed by atoms with Gasteiger partial charge in [-0.15, -0.1) is 0 Å². The van der Waals surface area contributed by atoms with Gasteiger partial charge in [0.15, 0.2) is 0 Å². The van der Waals surface area contributed by atoms with Crippen LogP contribution in [0.2, 0.25) is 0 Å². The molecule has 1 amide bonds. The summed E-state index contributed by atoms with van der Waals surface area (Å²) in [7, 11) is 1.71. The van der Waals surface area contributed by atoms with Crippen LogP contribution in [-0.4, -0.2) is 27.7 Å². The predicted octanol–water partition coefficient (Wildman–Crippen LogP) is 4.39. The zero-order valence-electron chi connectivity index (χ0n) is 14.8. The zero-order valence-corrected chi connectivity index (χ0v) is 15.7. The summed E-state index contributed by atoms with van der Waals surface area (Å²) < 4.78 is 15.9. The van der Waals surface area contributed by atoms with Gasteiger partial charge in [0.05, 0.1) is 34.2 Å². The lowest BCUT2D eigenvalue weighted by molar-refractivity contribution is -0.119. The number of amides is 1. The van der Waals surface area contributed by atoms with Crippen molar-refractivity contribution < 1.29 is 9.18 Å². The van der Waals surface area contributed by atoms with E-state index in [0.29, 0.717) is 5.69 Å². The first-order valence-electron chi connectivity index (χ1n) is 8.46. The van der Waals surface area contributed by atoms with Crippen molar-refractivity contribution in [2.24, 2.45) is 0 Å². The van der Waals surface area contributed by atoms with Gasteiger partial charge in [-0.25, -0.2) is 14.1 Å². The van der Waals surface area contributed by atoms with Gasteiger partial charge in [0.1, 0.15) is 5.82 Å². The minimum atomic E-state index is -0.388. The van der Waals surface area contributed by atoms with Gasteiger partial charge in [0, 0.05) is 7.05 Å². The number of thiazole rings is 1. The van der Waals surface area contributed by atoms with Gasteiger partial charge in [0.2, 0.25) is 11.0 Å². The zero-order chi connectivity index (χ0) is 19.0. The minimum Gasteiger partial charge on any atom is -0.312 e. The van der Waals surface area contributed by atoms with E-state index in [1.165, 1.54) is 23.5 Å². The van der Waals surface area contributed by atoms with Crippen LogP contribution in [0.5, 0.6) is 0 Å². The second-order valence-electron chi connectivity index (χ2n) is 6.28. The molecule has 0 aliphatic heterocycles. The monoisotopic (exact) mass is 380 g/mol. The van der Waals surface area contributed by atoms with Crippen molar-refractivity contribution in [1.29, 1.82) is 0 Å². The molecule has 2 heterocycles. The van der Waals surface area contributed by atoms with Crippen LogP contribution in [0.4, 0.5) is 10.1 Å². The van der Waals surface area contributed by atoms with Crippen LogP contribution < -0.4 is 4.90 Å². The standard InChI is InChI=1S/C20H17FN4OS/c1-13(14-7-9-15(21)10-8-14)19(26)24(2)16-11-22-25(12-16)20-23-17-5-3-4-6-18(17)27-20/h3-13H,1-2H3/t13-/m1/s1. The first kappa shape index (κ1) is 17.4. The Morgan fingerprint density at radius 2 is 1.93 bits per heavy atom. The molecule has 136 valence electrons. The van der Waals surface area contributed by atoms with Crippen molar-refractivity contribution in [2.45, 2.75) is 12.8 Å². The van der Waals surface area contributed by atoms with Gasteiger partial charge in [-0.1, -0.05) is 35.6 Å². The first-order chi connectivity index (χ1) is 13.0. The fourth-order valence-electron chi connectivity index (χ4n) is 2.86. The van der Waals surface area contributed by atoms with Crippen LogP contribution in [0.1, 0.15) is 18.4 Å². The number of carbonyl (C=O) groups excluding carboxylic acids is 1. The van der Waals surface area contributed by atoms with E-state index in [0.717, 1.165) is 20.9 Å². The molecule has 0 fully saturated rings. The number of benzene rings is 2. The molecule has 2 aromatic carbocycles. The van der Waals surface area contributed by atoms with E-state index < -0.39 is 0 Å². The molecular weight excluding hydrogens is 363 g/mol. The number of anilines is 1. The molecule has 27 heavy (non-hydrogen) atoms. The highest BCUT2D eigenvalue weighted by molar-refractivity contribution is 7.20. The van der Waals surface area contributed by atoms with Crippen molar-refractivity contribution >= 4 is 33.1 Å². The van der Waals surface area contributed by atoms with E-state index in [9.17, 15) is 9.18 Å². The van der Waals surface area contributed by atoms with Gasteiger partial charge < -0.3 is 4.90 Å². The molecule has 0 radical (unpaired) electrons. The summed E-state index contributed by atoms with van der Waals surface area (Å²) in [5, 5.41) is 5.10. The maximum Gasteiger partial charge on any atom is 0.234 e. The molecule has 0 saturated heterocycles. The van der Waals surface area contributed by atoms with Crippen molar-refractivity contribution in [1.82, 2.24) is 14.8 Å². The van der Waals surface area contributed by atoms with Crippen molar-refractivity contribution in [3.63, 3.8) is 0 Å². The summed E-state index contributed by atoms with van der Waals surface area (Å²) in [6.45, 7) is 1.81. The maximum atomic E-state index is 13.1. The number of halogens is 1. The summed E-state index contributed by atoms with van der Waals surface area (Å²) in [5.74, 6) is -0.796. The molecule has 2 aromatic heterocycles. The second-order valence-corrected chi connectivity index (χ2v) is 7.29. The van der Waals surface area contributed by atoms with E-state index in [-0.39, 0.29) is 17.6 Å². The van der Waals surface area contributed by atoms with E-state index in [4.69, 9.17) is 0 Å². The average molecular weight is 380 g/mol. The Balaban J connectivity index is 1.56. The lowest BCUT2D eigenvalue weighted by Gasteiger charge is -2.20. The molecule has 0 bridgehead atoms. The molecule has 4 rings (SSSR count). The van der Waals surface area contributed by atoms with E-state index >= 15 is 0 Å². The van der Waals surface area contributed by atoms with Gasteiger partial charge >= 0.3 is 0 Å². The van der Waals surface area contributed by atoms with Crippen LogP contribution in [0.15, 0.2) is 60.9 Å². The topological polar surface area (TPSA) is 51.0 Å². The molecule has 0 saturated carbocycles. The molecule has 4 aromatic rings. The molecule has 7 heteroatoms. The number of aromatic nitrogens is 3. The summed E-state index contributed by atoms with van der Waals surface area (Å²) >= 11 is 1.54. The average Bonchev–Trinajstić information content (AvgIpc) is 3.33. The number of hydrogen-bond donors (Lipinski definition) is 0. The van der Waals surface area contributed by atoms with Crippen LogP contribution in [0.3, 0.4) is 0 Å². The van der Waals surface area contributed by atoms with Gasteiger partial charge in [0.25, 0.3) is 0 Å². The number of hydrogen-bond acceptors (Lipinski definition) is 4. The third-order valence-corrected chi connectivity index (χ3v) is 5.53. The Bertz CT molecular complexity index is 1070. The number of fused-ring (bicyclic) bond motifs is 1. The van der Waals surface area contributed by atoms with Crippen LogP contribution in [0.25, 0.3) is 15.3 Å². The molecule has 0 spiro atoms. The van der Waals surface area contributed by atoms with Crippen molar-refractivity contribution in [3.05, 3.63) is 72.3 Å². The largest absolute Gasteiger partial charge is 0.312 e. The van der Waals surface area contributed by atoms with E-state index in [2.05, 4.69) is 10.1 Å². The molecular formula is C20H17FN4OS. The van der Waals surface area contributed by atoms with Crippen LogP contribution in [-0.2, 0) is 4.79 Å². The summed E-state index contributed by atoms with van der Waals surface area (Å²) in [6.07, 6.45) is 3.42. The Hall–Kier alpha value is -3.06. The summed E-state index contributed by atoms with van der Waals surface area (Å²) in [6, 6.07) is 13.9. The molecule has 0 unspecified atom stereocenters. The second kappa shape index (κ2) is 6.92. The third-order valence-electron chi connectivity index (χ3n) is 4.51. The SMILES string of the molecule is C[C@@H](C(=O)N(C)c1cnn(-c2nc3ccccc3s2)c1)c1ccc(F)cc1. The molecule has 5 nitrogen and oxygen atoms in total. The number of para-hydroxylation sites is 1. The summed E-state index contributed by atoms with van der Waals surface area (Å²) in [4.78, 5) is 18.9. The molecule has 0 aliphatic rings. The Kier molecular flexibility index (Phi) is 4.45. The normalized spacial score (nSPS) is 12.3. The molecule has 0 N–H and O–H groups in total. The fraction of sp³-hybridized carbons (Fsp3) is 0.150. The molecule has 0 aliphatic carbocycles. The highest BCUT2D eigenvalue weighted by Crippen LogP contribution is 2.26. The summed E-state index contributed by atoms with van der Waals surface area (Å²) in [5.41, 5.74) is 2.36. The lowest BCUT2D eigenvalue weighted by Crippen LogP contribution is -2.30. The van der Waals surface area contributed by atoms with Gasteiger partial charge in [-0.05, 0) is 36.8 Å². The van der Waals surface area contributed by atoms with Crippen molar-refractivity contribution in [2.75, 3.05) is 11.9 Å². The highest BCUT2D eigenvalue weighted by atomic mass is 32.1. The minimum absolute atomic E-state index is 0.0922. The Morgan fingerprint density at radius 3 is 2.67 bits per heavy atom. The van der Waals surface area contributed by atoms with Crippen LogP contribution in [0, 0.1) is 5.82 Å².